The topological polar surface area (TPSA) is 82.2 Å². The van der Waals surface area contributed by atoms with Crippen molar-refractivity contribution >= 4 is 33.6 Å². The molecule has 0 bridgehead atoms. The summed E-state index contributed by atoms with van der Waals surface area (Å²) in [7, 11) is 1.48. The second kappa shape index (κ2) is 4.93. The zero-order valence-electron chi connectivity index (χ0n) is 8.42. The van der Waals surface area contributed by atoms with Crippen molar-refractivity contribution < 1.29 is 9.18 Å². The van der Waals surface area contributed by atoms with Crippen LogP contribution in [0.3, 0.4) is 0 Å². The summed E-state index contributed by atoms with van der Waals surface area (Å²) in [5, 5.41) is 9.03. The Morgan fingerprint density at radius 1 is 1.62 bits per heavy atom. The minimum Gasteiger partial charge on any atom is -0.370 e. The van der Waals surface area contributed by atoms with Gasteiger partial charge >= 0.3 is 6.03 Å². The zero-order chi connectivity index (χ0) is 12.3. The van der Waals surface area contributed by atoms with Crippen LogP contribution >= 0.6 is 15.9 Å². The number of nitrogens with two attached hydrogens (primary N) is 1. The quantitative estimate of drug-likeness (QED) is 0.542. The highest BCUT2D eigenvalue weighted by molar-refractivity contribution is 9.10. The number of halogens is 2. The third-order valence-corrected chi connectivity index (χ3v) is 2.45. The molecule has 0 radical (unpaired) electrons. The molecule has 1 rings (SSSR count). The fourth-order valence-corrected chi connectivity index (χ4v) is 1.68. The number of nitrogens with one attached hydrogen (secondary N) is 2. The average molecular weight is 289 g/mol. The van der Waals surface area contributed by atoms with Crippen LogP contribution in [0.1, 0.15) is 0 Å². The van der Waals surface area contributed by atoms with E-state index in [4.69, 9.17) is 11.1 Å². The smallest absolute Gasteiger partial charge is 0.328 e. The van der Waals surface area contributed by atoms with Gasteiger partial charge in [0, 0.05) is 11.5 Å². The fourth-order valence-electron chi connectivity index (χ4n) is 1.06. The van der Waals surface area contributed by atoms with Gasteiger partial charge in [0.1, 0.15) is 5.82 Å². The number of benzene rings is 1. The molecule has 7 heteroatoms. The minimum atomic E-state index is -0.570. The Bertz CT molecular complexity index is 438. The molecule has 0 saturated carbocycles. The third kappa shape index (κ3) is 2.93. The molecule has 0 fully saturated rings. The first-order valence-corrected chi connectivity index (χ1v) is 5.05. The number of carbonyl (C=O) groups is 1. The summed E-state index contributed by atoms with van der Waals surface area (Å²) in [6.07, 6.45) is 0. The second-order valence-corrected chi connectivity index (χ2v) is 3.85. The van der Waals surface area contributed by atoms with Crippen molar-refractivity contribution in [2.45, 2.75) is 0 Å². The van der Waals surface area contributed by atoms with Crippen molar-refractivity contribution in [2.24, 2.45) is 5.73 Å². The van der Waals surface area contributed by atoms with Crippen LogP contribution in [0, 0.1) is 11.2 Å². The Balaban J connectivity index is 2.91. The molecular formula is C9H10BrFN4O. The van der Waals surface area contributed by atoms with Crippen molar-refractivity contribution in [3.8, 4) is 0 Å². The molecular weight excluding hydrogens is 279 g/mol. The molecule has 16 heavy (non-hydrogen) atoms. The lowest BCUT2D eigenvalue weighted by molar-refractivity contribution is 0.251. The number of nitrogens with zero attached hydrogens (tertiary/aromatic N) is 1. The van der Waals surface area contributed by atoms with Crippen LogP contribution in [0.15, 0.2) is 22.7 Å². The predicted molar refractivity (Wildman–Crippen MR) is 62.9 cm³/mol. The van der Waals surface area contributed by atoms with Crippen LogP contribution in [-0.2, 0) is 0 Å². The lowest BCUT2D eigenvalue weighted by Crippen LogP contribution is -2.43. The lowest BCUT2D eigenvalue weighted by atomic mass is 10.3. The molecule has 0 heterocycles. The number of carbonyl (C=O) groups excluding carboxylic acids is 1. The van der Waals surface area contributed by atoms with Gasteiger partial charge in [-0.25, -0.2) is 9.18 Å². The monoisotopic (exact) mass is 288 g/mol. The van der Waals surface area contributed by atoms with Gasteiger partial charge in [-0.1, -0.05) is 0 Å². The van der Waals surface area contributed by atoms with E-state index in [0.29, 0.717) is 10.2 Å². The van der Waals surface area contributed by atoms with Gasteiger partial charge in [0.25, 0.3) is 0 Å². The van der Waals surface area contributed by atoms with Gasteiger partial charge in [-0.15, -0.1) is 0 Å². The van der Waals surface area contributed by atoms with E-state index >= 15 is 0 Å². The van der Waals surface area contributed by atoms with Crippen molar-refractivity contribution in [3.63, 3.8) is 0 Å². The van der Waals surface area contributed by atoms with Crippen LogP contribution in [0.25, 0.3) is 0 Å². The molecule has 0 unspecified atom stereocenters. The Labute approximate surface area is 100 Å². The largest absolute Gasteiger partial charge is 0.370 e. The highest BCUT2D eigenvalue weighted by atomic mass is 79.9. The van der Waals surface area contributed by atoms with E-state index in [0.717, 1.165) is 0 Å². The van der Waals surface area contributed by atoms with E-state index in [1.807, 2.05) is 0 Å². The maximum absolute atomic E-state index is 12.8. The first kappa shape index (κ1) is 12.4. The number of amides is 2. The third-order valence-electron chi connectivity index (χ3n) is 1.82. The molecule has 0 atom stereocenters. The van der Waals surface area contributed by atoms with Crippen LogP contribution in [-0.4, -0.2) is 19.0 Å². The maximum atomic E-state index is 12.8. The van der Waals surface area contributed by atoms with Crippen LogP contribution in [0.2, 0.25) is 0 Å². The van der Waals surface area contributed by atoms with E-state index in [9.17, 15) is 9.18 Å². The predicted octanol–water partition coefficient (Wildman–Crippen LogP) is 1.63. The van der Waals surface area contributed by atoms with Gasteiger partial charge in [-0.2, -0.15) is 0 Å². The van der Waals surface area contributed by atoms with Gasteiger partial charge in [-0.3, -0.25) is 15.6 Å². The number of hydrogen-bond donors (Lipinski definition) is 3. The second-order valence-electron chi connectivity index (χ2n) is 3.00. The standard InChI is InChI=1S/C9H10BrFN4O/c1-15(9(16)14-8(12)13)7-3-2-5(11)4-6(7)10/h2-4H,1H3,(H4,12,13,14,16). The van der Waals surface area contributed by atoms with Crippen molar-refractivity contribution in [3.05, 3.63) is 28.5 Å². The Kier molecular flexibility index (Phi) is 3.83. The summed E-state index contributed by atoms with van der Waals surface area (Å²) in [4.78, 5) is 12.7. The molecule has 1 aromatic rings. The Morgan fingerprint density at radius 3 is 2.75 bits per heavy atom. The van der Waals surface area contributed by atoms with E-state index in [1.165, 1.54) is 30.1 Å². The summed E-state index contributed by atoms with van der Waals surface area (Å²) >= 11 is 3.14. The highest BCUT2D eigenvalue weighted by Gasteiger charge is 2.14. The van der Waals surface area contributed by atoms with E-state index in [2.05, 4.69) is 21.2 Å². The zero-order valence-corrected chi connectivity index (χ0v) is 10.0. The van der Waals surface area contributed by atoms with E-state index in [-0.39, 0.29) is 0 Å². The molecule has 0 aliphatic carbocycles. The molecule has 1 aromatic carbocycles. The summed E-state index contributed by atoms with van der Waals surface area (Å²) in [5.74, 6) is -0.855. The molecule has 0 aliphatic heterocycles. The number of anilines is 1. The Hall–Kier alpha value is -1.63. The molecule has 5 nitrogen and oxygen atoms in total. The van der Waals surface area contributed by atoms with Gasteiger partial charge in [0.05, 0.1) is 5.69 Å². The SMILES string of the molecule is CN(C(=O)NC(=N)N)c1ccc(F)cc1Br. The summed E-state index contributed by atoms with van der Waals surface area (Å²) in [5.41, 5.74) is 5.50. The maximum Gasteiger partial charge on any atom is 0.328 e. The normalized spacial score (nSPS) is 9.69. The van der Waals surface area contributed by atoms with Crippen molar-refractivity contribution in [2.75, 3.05) is 11.9 Å². The fraction of sp³-hybridized carbons (Fsp3) is 0.111. The van der Waals surface area contributed by atoms with Gasteiger partial charge in [0.15, 0.2) is 5.96 Å². The molecule has 2 amide bonds. The van der Waals surface area contributed by atoms with Gasteiger partial charge in [-0.05, 0) is 34.1 Å². The Morgan fingerprint density at radius 2 is 2.25 bits per heavy atom. The molecule has 86 valence electrons. The molecule has 4 N–H and O–H groups in total. The first-order chi connectivity index (χ1) is 7.41. The molecule has 0 aromatic heterocycles. The number of urea groups is 1. The van der Waals surface area contributed by atoms with Gasteiger partial charge in [0.2, 0.25) is 0 Å². The van der Waals surface area contributed by atoms with E-state index in [1.54, 1.807) is 0 Å². The molecule has 0 aliphatic rings. The number of rotatable bonds is 1. The summed E-state index contributed by atoms with van der Waals surface area (Å²) in [6, 6.07) is 3.35. The summed E-state index contributed by atoms with van der Waals surface area (Å²) in [6.45, 7) is 0. The van der Waals surface area contributed by atoms with Crippen LogP contribution in [0.4, 0.5) is 14.9 Å². The summed E-state index contributed by atoms with van der Waals surface area (Å²) < 4.78 is 13.3. The highest BCUT2D eigenvalue weighted by Crippen LogP contribution is 2.25. The van der Waals surface area contributed by atoms with Crippen molar-refractivity contribution in [1.29, 1.82) is 5.41 Å². The average Bonchev–Trinajstić information content (AvgIpc) is 2.15. The van der Waals surface area contributed by atoms with Crippen LogP contribution < -0.4 is 16.0 Å². The van der Waals surface area contributed by atoms with Crippen molar-refractivity contribution in [1.82, 2.24) is 5.32 Å². The number of hydrogen-bond acceptors (Lipinski definition) is 2. The van der Waals surface area contributed by atoms with E-state index < -0.39 is 17.8 Å². The molecule has 0 saturated heterocycles. The molecule has 0 spiro atoms. The van der Waals surface area contributed by atoms with Crippen LogP contribution in [0.5, 0.6) is 0 Å². The lowest BCUT2D eigenvalue weighted by Gasteiger charge is -2.18. The number of guanidine groups is 1. The van der Waals surface area contributed by atoms with Gasteiger partial charge < -0.3 is 5.73 Å². The first-order valence-electron chi connectivity index (χ1n) is 4.25. The minimum absolute atomic E-state index is 0.406.